The molecule has 0 saturated carbocycles. The normalized spacial score (nSPS) is 13.1. The maximum absolute atomic E-state index is 13.1. The lowest BCUT2D eigenvalue weighted by molar-refractivity contribution is -0.137. The van der Waals surface area contributed by atoms with Gasteiger partial charge in [0.1, 0.15) is 5.75 Å². The Balaban J connectivity index is 2.31. The molecule has 1 aromatic heterocycles. The Bertz CT molecular complexity index is 569. The van der Waals surface area contributed by atoms with Crippen LogP contribution in [0.4, 0.5) is 18.9 Å². The van der Waals surface area contributed by atoms with Crippen molar-refractivity contribution in [2.75, 3.05) is 12.4 Å². The standard InChI is InChI=1S/C13H13F3N2OS/c1-8(12-6-17-7-20-12)18-11-4-3-9(19-2)5-10(11)13(14,15)16/h3-8,18H,1-2H3. The third-order valence-corrected chi connectivity index (χ3v) is 3.74. The molecule has 1 unspecified atom stereocenters. The second kappa shape index (κ2) is 5.70. The van der Waals surface area contributed by atoms with Crippen molar-refractivity contribution < 1.29 is 17.9 Å². The van der Waals surface area contributed by atoms with E-state index in [0.29, 0.717) is 0 Å². The summed E-state index contributed by atoms with van der Waals surface area (Å²) >= 11 is 1.39. The molecule has 0 amide bonds. The van der Waals surface area contributed by atoms with Crippen molar-refractivity contribution in [1.29, 1.82) is 0 Å². The quantitative estimate of drug-likeness (QED) is 0.912. The Hall–Kier alpha value is -1.76. The summed E-state index contributed by atoms with van der Waals surface area (Å²) in [6.07, 6.45) is -2.80. The average Bonchev–Trinajstić information content (AvgIpc) is 2.91. The lowest BCUT2D eigenvalue weighted by atomic mass is 10.1. The van der Waals surface area contributed by atoms with Crippen LogP contribution in [0.1, 0.15) is 23.4 Å². The van der Waals surface area contributed by atoms with E-state index in [1.54, 1.807) is 18.6 Å². The minimum Gasteiger partial charge on any atom is -0.497 e. The molecule has 1 aromatic carbocycles. The molecule has 0 radical (unpaired) electrons. The van der Waals surface area contributed by atoms with Crippen LogP contribution in [-0.4, -0.2) is 12.1 Å². The van der Waals surface area contributed by atoms with Gasteiger partial charge < -0.3 is 10.1 Å². The van der Waals surface area contributed by atoms with E-state index in [2.05, 4.69) is 10.3 Å². The first-order valence-corrected chi connectivity index (χ1v) is 6.70. The minimum atomic E-state index is -4.44. The first kappa shape index (κ1) is 14.6. The summed E-state index contributed by atoms with van der Waals surface area (Å²) in [6, 6.07) is 3.61. The number of rotatable bonds is 4. The second-order valence-corrected chi connectivity index (χ2v) is 5.10. The molecule has 7 heteroatoms. The summed E-state index contributed by atoms with van der Waals surface area (Å²) in [5, 5.41) is 2.87. The van der Waals surface area contributed by atoms with Crippen LogP contribution in [0.5, 0.6) is 5.75 Å². The number of nitrogens with zero attached hydrogens (tertiary/aromatic N) is 1. The highest BCUT2D eigenvalue weighted by atomic mass is 32.1. The number of anilines is 1. The van der Waals surface area contributed by atoms with Gasteiger partial charge in [-0.25, -0.2) is 0 Å². The van der Waals surface area contributed by atoms with Gasteiger partial charge in [-0.1, -0.05) is 0 Å². The number of halogens is 3. The van der Waals surface area contributed by atoms with Crippen molar-refractivity contribution in [3.05, 3.63) is 40.3 Å². The zero-order valence-corrected chi connectivity index (χ0v) is 11.7. The van der Waals surface area contributed by atoms with Gasteiger partial charge in [-0.15, -0.1) is 11.3 Å². The summed E-state index contributed by atoms with van der Waals surface area (Å²) in [5.74, 6) is 0.174. The van der Waals surface area contributed by atoms with E-state index in [4.69, 9.17) is 4.74 Å². The molecule has 1 heterocycles. The van der Waals surface area contributed by atoms with Gasteiger partial charge in [-0.2, -0.15) is 13.2 Å². The number of benzene rings is 1. The van der Waals surface area contributed by atoms with Gasteiger partial charge in [0.05, 0.1) is 24.2 Å². The van der Waals surface area contributed by atoms with E-state index < -0.39 is 11.7 Å². The molecule has 20 heavy (non-hydrogen) atoms. The van der Waals surface area contributed by atoms with Gasteiger partial charge in [0, 0.05) is 16.8 Å². The van der Waals surface area contributed by atoms with Gasteiger partial charge in [0.15, 0.2) is 0 Å². The van der Waals surface area contributed by atoms with Crippen LogP contribution in [0, 0.1) is 0 Å². The van der Waals surface area contributed by atoms with E-state index in [1.807, 2.05) is 0 Å². The minimum absolute atomic E-state index is 0.0270. The van der Waals surface area contributed by atoms with Crippen LogP contribution in [-0.2, 0) is 6.18 Å². The molecule has 108 valence electrons. The lowest BCUT2D eigenvalue weighted by Crippen LogP contribution is -2.13. The van der Waals surface area contributed by atoms with E-state index >= 15 is 0 Å². The van der Waals surface area contributed by atoms with Crippen molar-refractivity contribution >= 4 is 17.0 Å². The fraction of sp³-hybridized carbons (Fsp3) is 0.308. The monoisotopic (exact) mass is 302 g/mol. The Kier molecular flexibility index (Phi) is 4.17. The van der Waals surface area contributed by atoms with E-state index in [9.17, 15) is 13.2 Å². The van der Waals surface area contributed by atoms with E-state index in [1.165, 1.54) is 30.6 Å². The molecule has 0 fully saturated rings. The average molecular weight is 302 g/mol. The zero-order chi connectivity index (χ0) is 14.8. The van der Waals surface area contributed by atoms with Gasteiger partial charge in [-0.05, 0) is 25.1 Å². The van der Waals surface area contributed by atoms with Crippen LogP contribution >= 0.6 is 11.3 Å². The van der Waals surface area contributed by atoms with Gasteiger partial charge in [0.25, 0.3) is 0 Å². The number of hydrogen-bond donors (Lipinski definition) is 1. The number of alkyl halides is 3. The number of methoxy groups -OCH3 is 1. The highest BCUT2D eigenvalue weighted by molar-refractivity contribution is 7.09. The summed E-state index contributed by atoms with van der Waals surface area (Å²) < 4.78 is 44.0. The summed E-state index contributed by atoms with van der Waals surface area (Å²) in [5.41, 5.74) is 0.930. The molecule has 3 nitrogen and oxygen atoms in total. The number of aromatic nitrogens is 1. The van der Waals surface area contributed by atoms with Crippen molar-refractivity contribution in [2.45, 2.75) is 19.1 Å². The van der Waals surface area contributed by atoms with Crippen molar-refractivity contribution in [3.8, 4) is 5.75 Å². The molecule has 0 spiro atoms. The number of ether oxygens (including phenoxy) is 1. The molecular formula is C13H13F3N2OS. The Morgan fingerprint density at radius 2 is 2.10 bits per heavy atom. The van der Waals surface area contributed by atoms with Crippen LogP contribution in [0.2, 0.25) is 0 Å². The first-order chi connectivity index (χ1) is 9.41. The number of thiazole rings is 1. The molecule has 0 bridgehead atoms. The summed E-state index contributed by atoms with van der Waals surface area (Å²) in [4.78, 5) is 4.79. The van der Waals surface area contributed by atoms with E-state index in [-0.39, 0.29) is 17.5 Å². The molecule has 1 atom stereocenters. The smallest absolute Gasteiger partial charge is 0.418 e. The maximum Gasteiger partial charge on any atom is 0.418 e. The van der Waals surface area contributed by atoms with Crippen molar-refractivity contribution in [1.82, 2.24) is 4.98 Å². The van der Waals surface area contributed by atoms with Crippen molar-refractivity contribution in [2.24, 2.45) is 0 Å². The Labute approximate surface area is 118 Å². The fourth-order valence-corrected chi connectivity index (χ4v) is 2.38. The van der Waals surface area contributed by atoms with E-state index in [0.717, 1.165) is 10.9 Å². The Morgan fingerprint density at radius 3 is 2.65 bits per heavy atom. The second-order valence-electron chi connectivity index (χ2n) is 4.18. The lowest BCUT2D eigenvalue weighted by Gasteiger charge is -2.19. The highest BCUT2D eigenvalue weighted by Crippen LogP contribution is 2.38. The third-order valence-electron chi connectivity index (χ3n) is 2.78. The molecule has 0 aliphatic rings. The van der Waals surface area contributed by atoms with Gasteiger partial charge in [0.2, 0.25) is 0 Å². The zero-order valence-electron chi connectivity index (χ0n) is 10.9. The number of hydrogen-bond acceptors (Lipinski definition) is 4. The number of nitrogens with one attached hydrogen (secondary N) is 1. The molecule has 0 saturated heterocycles. The van der Waals surface area contributed by atoms with Gasteiger partial charge >= 0.3 is 6.18 Å². The maximum atomic E-state index is 13.1. The molecule has 2 rings (SSSR count). The van der Waals surface area contributed by atoms with Gasteiger partial charge in [-0.3, -0.25) is 4.98 Å². The fourth-order valence-electron chi connectivity index (χ4n) is 1.75. The van der Waals surface area contributed by atoms with Crippen LogP contribution in [0.3, 0.4) is 0 Å². The predicted octanol–water partition coefficient (Wildman–Crippen LogP) is 4.34. The largest absolute Gasteiger partial charge is 0.497 e. The molecule has 0 aliphatic carbocycles. The third kappa shape index (κ3) is 3.22. The molecule has 1 N–H and O–H groups in total. The predicted molar refractivity (Wildman–Crippen MR) is 72.1 cm³/mol. The topological polar surface area (TPSA) is 34.1 Å². The first-order valence-electron chi connectivity index (χ1n) is 5.82. The highest BCUT2D eigenvalue weighted by Gasteiger charge is 2.34. The molecule has 0 aliphatic heterocycles. The van der Waals surface area contributed by atoms with Crippen LogP contribution in [0.25, 0.3) is 0 Å². The van der Waals surface area contributed by atoms with Crippen molar-refractivity contribution in [3.63, 3.8) is 0 Å². The molecule has 2 aromatic rings. The SMILES string of the molecule is COc1ccc(NC(C)c2cncs2)c(C(F)(F)F)c1. The Morgan fingerprint density at radius 1 is 1.35 bits per heavy atom. The molecular weight excluding hydrogens is 289 g/mol. The summed E-state index contributed by atoms with van der Waals surface area (Å²) in [7, 11) is 1.34. The van der Waals surface area contributed by atoms with Crippen LogP contribution in [0.15, 0.2) is 29.9 Å². The van der Waals surface area contributed by atoms with Crippen LogP contribution < -0.4 is 10.1 Å². The summed E-state index contributed by atoms with van der Waals surface area (Å²) in [6.45, 7) is 1.79.